The normalized spacial score (nSPS) is 14.5. The molecule has 0 radical (unpaired) electrons. The minimum Gasteiger partial charge on any atom is -0.380 e. The first kappa shape index (κ1) is 23.4. The Morgan fingerprint density at radius 3 is 2.53 bits per heavy atom. The van der Waals surface area contributed by atoms with Crippen molar-refractivity contribution in [3.05, 3.63) is 48.3 Å². The van der Waals surface area contributed by atoms with Crippen LogP contribution in [0.1, 0.15) is 24.2 Å². The molecule has 0 unspecified atom stereocenters. The molecular weight excluding hydrogens is 449 g/mol. The lowest BCUT2D eigenvalue weighted by molar-refractivity contribution is -0.167. The second-order valence-corrected chi connectivity index (χ2v) is 8.37. The minimum absolute atomic E-state index is 0.0337. The molecule has 0 bridgehead atoms. The maximum atomic E-state index is 13.2. The molecule has 1 fully saturated rings. The standard InChI is InChI=1S/C23H25F3N6O2/c1-14(2)29-19-4-3-7-27-20(19)31-8-10-32(11-9-31)21(33)17-13-28-18-6-5-15(12-16(17)18)30-22(34)23(24,25)26/h3-7,12-14,28-29H,8-11H2,1-2H3,(H,30,34). The van der Waals surface area contributed by atoms with Crippen LogP contribution in [-0.4, -0.2) is 65.1 Å². The second kappa shape index (κ2) is 9.24. The molecule has 180 valence electrons. The van der Waals surface area contributed by atoms with Crippen molar-refractivity contribution in [2.45, 2.75) is 26.1 Å². The molecule has 1 aliphatic rings. The number of fused-ring (bicyclic) bond motifs is 1. The van der Waals surface area contributed by atoms with Crippen LogP contribution in [0, 0.1) is 0 Å². The molecule has 8 nitrogen and oxygen atoms in total. The van der Waals surface area contributed by atoms with Crippen molar-refractivity contribution in [1.29, 1.82) is 0 Å². The summed E-state index contributed by atoms with van der Waals surface area (Å²) in [5.74, 6) is -1.46. The van der Waals surface area contributed by atoms with E-state index >= 15 is 0 Å². The number of piperazine rings is 1. The zero-order valence-corrected chi connectivity index (χ0v) is 18.7. The van der Waals surface area contributed by atoms with E-state index in [-0.39, 0.29) is 17.6 Å². The molecule has 1 saturated heterocycles. The van der Waals surface area contributed by atoms with E-state index in [1.54, 1.807) is 11.1 Å². The molecule has 11 heteroatoms. The Labute approximate surface area is 194 Å². The van der Waals surface area contributed by atoms with Gasteiger partial charge in [0, 0.05) is 61.2 Å². The van der Waals surface area contributed by atoms with Crippen LogP contribution in [0.25, 0.3) is 10.9 Å². The zero-order chi connectivity index (χ0) is 24.5. The van der Waals surface area contributed by atoms with Crippen LogP contribution in [0.15, 0.2) is 42.7 Å². The highest BCUT2D eigenvalue weighted by molar-refractivity contribution is 6.08. The van der Waals surface area contributed by atoms with Crippen LogP contribution in [0.4, 0.5) is 30.4 Å². The number of rotatable bonds is 5. The number of nitrogens with zero attached hydrogens (tertiary/aromatic N) is 3. The van der Waals surface area contributed by atoms with Gasteiger partial charge < -0.3 is 25.4 Å². The summed E-state index contributed by atoms with van der Waals surface area (Å²) in [6, 6.07) is 8.35. The van der Waals surface area contributed by atoms with Crippen molar-refractivity contribution < 1.29 is 22.8 Å². The van der Waals surface area contributed by atoms with Gasteiger partial charge in [-0.3, -0.25) is 9.59 Å². The Morgan fingerprint density at radius 2 is 1.85 bits per heavy atom. The third-order valence-electron chi connectivity index (χ3n) is 5.52. The number of halogens is 3. The van der Waals surface area contributed by atoms with Crippen LogP contribution in [0.2, 0.25) is 0 Å². The SMILES string of the molecule is CC(C)Nc1cccnc1N1CCN(C(=O)c2c[nH]c3ccc(NC(=O)C(F)(F)F)cc23)CC1. The summed E-state index contributed by atoms with van der Waals surface area (Å²) in [5, 5.41) is 5.66. The van der Waals surface area contributed by atoms with E-state index < -0.39 is 12.1 Å². The van der Waals surface area contributed by atoms with Gasteiger partial charge in [-0.25, -0.2) is 4.98 Å². The Kier molecular flexibility index (Phi) is 6.36. The number of nitrogens with one attached hydrogen (secondary N) is 3. The number of aromatic amines is 1. The van der Waals surface area contributed by atoms with Gasteiger partial charge >= 0.3 is 12.1 Å². The minimum atomic E-state index is -5.00. The first-order valence-electron chi connectivity index (χ1n) is 10.9. The van der Waals surface area contributed by atoms with Gasteiger partial charge in [-0.1, -0.05) is 0 Å². The molecule has 4 rings (SSSR count). The molecule has 2 aromatic heterocycles. The predicted molar refractivity (Wildman–Crippen MR) is 124 cm³/mol. The lowest BCUT2D eigenvalue weighted by Crippen LogP contribution is -2.49. The van der Waals surface area contributed by atoms with Crippen LogP contribution in [0.5, 0.6) is 0 Å². The Morgan fingerprint density at radius 1 is 1.12 bits per heavy atom. The number of anilines is 3. The molecule has 0 aliphatic carbocycles. The average Bonchev–Trinajstić information content (AvgIpc) is 3.21. The van der Waals surface area contributed by atoms with E-state index in [0.29, 0.717) is 42.6 Å². The molecule has 34 heavy (non-hydrogen) atoms. The quantitative estimate of drug-likeness (QED) is 0.523. The van der Waals surface area contributed by atoms with E-state index in [4.69, 9.17) is 0 Å². The molecule has 0 saturated carbocycles. The smallest absolute Gasteiger partial charge is 0.380 e. The first-order chi connectivity index (χ1) is 16.1. The maximum Gasteiger partial charge on any atom is 0.471 e. The maximum absolute atomic E-state index is 13.2. The number of pyridine rings is 1. The number of H-pyrrole nitrogens is 1. The van der Waals surface area contributed by atoms with Crippen LogP contribution in [-0.2, 0) is 4.79 Å². The number of hydrogen-bond acceptors (Lipinski definition) is 5. The number of aromatic nitrogens is 2. The van der Waals surface area contributed by atoms with Crippen molar-refractivity contribution in [1.82, 2.24) is 14.9 Å². The summed E-state index contributed by atoms with van der Waals surface area (Å²) in [6.45, 7) is 6.21. The fourth-order valence-electron chi connectivity index (χ4n) is 3.94. The Balaban J connectivity index is 1.48. The molecule has 0 spiro atoms. The lowest BCUT2D eigenvalue weighted by atomic mass is 10.1. The highest BCUT2D eigenvalue weighted by atomic mass is 19.4. The van der Waals surface area contributed by atoms with Crippen molar-refractivity contribution in [2.24, 2.45) is 0 Å². The second-order valence-electron chi connectivity index (χ2n) is 8.37. The van der Waals surface area contributed by atoms with Gasteiger partial charge in [0.15, 0.2) is 5.82 Å². The van der Waals surface area contributed by atoms with Gasteiger partial charge in [0.2, 0.25) is 0 Å². The Hall–Kier alpha value is -3.76. The summed E-state index contributed by atoms with van der Waals surface area (Å²) in [6.07, 6.45) is -1.72. The molecule has 0 atom stereocenters. The molecule has 3 N–H and O–H groups in total. The number of amides is 2. The van der Waals surface area contributed by atoms with Gasteiger partial charge in [-0.05, 0) is 44.2 Å². The summed E-state index contributed by atoms with van der Waals surface area (Å²) in [4.78, 5) is 35.8. The number of carbonyl (C=O) groups is 2. The van der Waals surface area contributed by atoms with Crippen molar-refractivity contribution in [3.8, 4) is 0 Å². The molecule has 3 heterocycles. The van der Waals surface area contributed by atoms with Gasteiger partial charge in [-0.2, -0.15) is 13.2 Å². The van der Waals surface area contributed by atoms with E-state index in [2.05, 4.69) is 34.0 Å². The molecule has 1 aliphatic heterocycles. The number of hydrogen-bond donors (Lipinski definition) is 3. The zero-order valence-electron chi connectivity index (χ0n) is 18.7. The number of benzene rings is 1. The van der Waals surface area contributed by atoms with E-state index in [1.165, 1.54) is 24.4 Å². The van der Waals surface area contributed by atoms with Crippen molar-refractivity contribution in [2.75, 3.05) is 41.7 Å². The van der Waals surface area contributed by atoms with Crippen molar-refractivity contribution in [3.63, 3.8) is 0 Å². The van der Waals surface area contributed by atoms with Gasteiger partial charge in [0.25, 0.3) is 5.91 Å². The summed E-state index contributed by atoms with van der Waals surface area (Å²) >= 11 is 0. The third kappa shape index (κ3) is 4.92. The summed E-state index contributed by atoms with van der Waals surface area (Å²) < 4.78 is 37.8. The van der Waals surface area contributed by atoms with Gasteiger partial charge in [0.05, 0.1) is 11.3 Å². The van der Waals surface area contributed by atoms with E-state index in [9.17, 15) is 22.8 Å². The molecular formula is C23H25F3N6O2. The summed E-state index contributed by atoms with van der Waals surface area (Å²) in [5.41, 5.74) is 1.83. The average molecular weight is 474 g/mol. The third-order valence-corrected chi connectivity index (χ3v) is 5.52. The van der Waals surface area contributed by atoms with E-state index in [1.807, 2.05) is 17.4 Å². The van der Waals surface area contributed by atoms with E-state index in [0.717, 1.165) is 11.5 Å². The topological polar surface area (TPSA) is 93.4 Å². The highest BCUT2D eigenvalue weighted by Crippen LogP contribution is 2.27. The fourth-order valence-corrected chi connectivity index (χ4v) is 3.94. The van der Waals surface area contributed by atoms with Gasteiger partial charge in [0.1, 0.15) is 0 Å². The molecule has 3 aromatic rings. The van der Waals surface area contributed by atoms with Crippen LogP contribution < -0.4 is 15.5 Å². The molecule has 2 amide bonds. The van der Waals surface area contributed by atoms with Crippen LogP contribution in [0.3, 0.4) is 0 Å². The fraction of sp³-hybridized carbons (Fsp3) is 0.348. The summed E-state index contributed by atoms with van der Waals surface area (Å²) in [7, 11) is 0. The predicted octanol–water partition coefficient (Wildman–Crippen LogP) is 3.85. The monoisotopic (exact) mass is 474 g/mol. The largest absolute Gasteiger partial charge is 0.471 e. The first-order valence-corrected chi connectivity index (χ1v) is 10.9. The van der Waals surface area contributed by atoms with Crippen LogP contribution >= 0.6 is 0 Å². The molecule has 1 aromatic carbocycles. The number of alkyl halides is 3. The van der Waals surface area contributed by atoms with Gasteiger partial charge in [-0.15, -0.1) is 0 Å². The number of carbonyl (C=O) groups excluding carboxylic acids is 2. The Bertz CT molecular complexity index is 1200. The lowest BCUT2D eigenvalue weighted by Gasteiger charge is -2.36. The van der Waals surface area contributed by atoms with Crippen molar-refractivity contribution >= 4 is 39.9 Å². The highest BCUT2D eigenvalue weighted by Gasteiger charge is 2.38.